The molecule has 14 heavy (non-hydrogen) atoms. The first-order valence-corrected chi connectivity index (χ1v) is 5.55. The van der Waals surface area contributed by atoms with E-state index in [1.165, 1.54) is 0 Å². The zero-order valence-electron chi connectivity index (χ0n) is 8.40. The van der Waals surface area contributed by atoms with Crippen LogP contribution in [0, 0.1) is 23.7 Å². The molecule has 1 aliphatic heterocycles. The van der Waals surface area contributed by atoms with Crippen molar-refractivity contribution >= 4 is 5.97 Å². The van der Waals surface area contributed by atoms with Crippen LogP contribution in [0.2, 0.25) is 0 Å². The number of aliphatic hydroxyl groups is 1. The Labute approximate surface area is 83.4 Å². The maximum Gasteiger partial charge on any atom is 0.309 e. The van der Waals surface area contributed by atoms with Crippen LogP contribution in [0.25, 0.3) is 0 Å². The minimum absolute atomic E-state index is 0.0127. The quantitative estimate of drug-likeness (QED) is 0.635. The van der Waals surface area contributed by atoms with Gasteiger partial charge in [-0.1, -0.05) is 6.92 Å². The molecule has 2 saturated carbocycles. The second-order valence-corrected chi connectivity index (χ2v) is 5.08. The molecule has 1 heterocycles. The van der Waals surface area contributed by atoms with E-state index in [4.69, 9.17) is 4.74 Å². The fourth-order valence-corrected chi connectivity index (χ4v) is 3.89. The van der Waals surface area contributed by atoms with Crippen LogP contribution in [0.15, 0.2) is 0 Å². The second kappa shape index (κ2) is 2.51. The minimum Gasteiger partial charge on any atom is -0.465 e. The summed E-state index contributed by atoms with van der Waals surface area (Å²) in [5, 5.41) is 10.3. The third-order valence-electron chi connectivity index (χ3n) is 4.67. The molecule has 0 aromatic rings. The number of esters is 1. The fourth-order valence-electron chi connectivity index (χ4n) is 3.89. The van der Waals surface area contributed by atoms with E-state index in [-0.39, 0.29) is 17.8 Å². The first-order valence-electron chi connectivity index (χ1n) is 5.55. The Balaban J connectivity index is 1.94. The van der Waals surface area contributed by atoms with Gasteiger partial charge in [-0.25, -0.2) is 0 Å². The van der Waals surface area contributed by atoms with E-state index in [1.807, 2.05) is 6.92 Å². The van der Waals surface area contributed by atoms with E-state index in [0.717, 1.165) is 19.3 Å². The molecule has 3 rings (SSSR count). The smallest absolute Gasteiger partial charge is 0.309 e. The molecule has 3 nitrogen and oxygen atoms in total. The first kappa shape index (κ1) is 8.72. The van der Waals surface area contributed by atoms with Gasteiger partial charge in [-0.3, -0.25) is 4.79 Å². The normalized spacial score (nSPS) is 54.9. The van der Waals surface area contributed by atoms with Gasteiger partial charge in [-0.2, -0.15) is 0 Å². The van der Waals surface area contributed by atoms with Crippen LogP contribution >= 0.6 is 0 Å². The molecule has 3 heteroatoms. The third-order valence-corrected chi connectivity index (χ3v) is 4.67. The summed E-state index contributed by atoms with van der Waals surface area (Å²) < 4.78 is 5.09. The van der Waals surface area contributed by atoms with Crippen molar-refractivity contribution in [1.29, 1.82) is 0 Å². The van der Waals surface area contributed by atoms with E-state index in [2.05, 4.69) is 0 Å². The molecule has 1 saturated heterocycles. The molecule has 5 unspecified atom stereocenters. The number of fused-ring (bicyclic) bond motifs is 5. The molecule has 0 amide bonds. The molecule has 5 atom stereocenters. The van der Waals surface area contributed by atoms with Crippen LogP contribution < -0.4 is 0 Å². The summed E-state index contributed by atoms with van der Waals surface area (Å²) in [4.78, 5) is 11.5. The summed E-state index contributed by atoms with van der Waals surface area (Å²) in [6.45, 7) is 2.61. The third kappa shape index (κ3) is 0.842. The molecular formula is C11H16O3. The minimum atomic E-state index is -0.574. The highest BCUT2D eigenvalue weighted by Crippen LogP contribution is 2.60. The number of hydrogen-bond acceptors (Lipinski definition) is 3. The van der Waals surface area contributed by atoms with Crippen LogP contribution in [-0.4, -0.2) is 23.3 Å². The SMILES string of the molecule is CCC1(O)CC2CC1C1C(=O)OCC21. The topological polar surface area (TPSA) is 46.5 Å². The van der Waals surface area contributed by atoms with E-state index < -0.39 is 5.60 Å². The van der Waals surface area contributed by atoms with Crippen molar-refractivity contribution in [2.24, 2.45) is 23.7 Å². The Morgan fingerprint density at radius 1 is 1.64 bits per heavy atom. The highest BCUT2D eigenvalue weighted by molar-refractivity contribution is 5.76. The summed E-state index contributed by atoms with van der Waals surface area (Å²) in [6, 6.07) is 0. The van der Waals surface area contributed by atoms with Crippen molar-refractivity contribution in [2.45, 2.75) is 31.8 Å². The largest absolute Gasteiger partial charge is 0.465 e. The molecule has 3 aliphatic rings. The molecule has 2 bridgehead atoms. The summed E-state index contributed by atoms with van der Waals surface area (Å²) in [5.74, 6) is 1.07. The van der Waals surface area contributed by atoms with Crippen LogP contribution in [-0.2, 0) is 9.53 Å². The van der Waals surface area contributed by atoms with Gasteiger partial charge in [0.1, 0.15) is 0 Å². The zero-order chi connectivity index (χ0) is 9.92. The van der Waals surface area contributed by atoms with E-state index in [0.29, 0.717) is 18.4 Å². The lowest BCUT2D eigenvalue weighted by atomic mass is 9.72. The average Bonchev–Trinajstić information content (AvgIpc) is 2.78. The van der Waals surface area contributed by atoms with Crippen molar-refractivity contribution in [3.8, 4) is 0 Å². The summed E-state index contributed by atoms with van der Waals surface area (Å²) in [7, 11) is 0. The predicted octanol–water partition coefficient (Wildman–Crippen LogP) is 0.956. The lowest BCUT2D eigenvalue weighted by molar-refractivity contribution is -0.146. The van der Waals surface area contributed by atoms with Crippen molar-refractivity contribution in [3.05, 3.63) is 0 Å². The van der Waals surface area contributed by atoms with Crippen LogP contribution in [0.4, 0.5) is 0 Å². The van der Waals surface area contributed by atoms with E-state index in [1.54, 1.807) is 0 Å². The Hall–Kier alpha value is -0.570. The first-order chi connectivity index (χ1) is 6.65. The van der Waals surface area contributed by atoms with Gasteiger partial charge in [0.2, 0.25) is 0 Å². The molecule has 0 radical (unpaired) electrons. The predicted molar refractivity (Wildman–Crippen MR) is 49.4 cm³/mol. The van der Waals surface area contributed by atoms with Gasteiger partial charge in [-0.15, -0.1) is 0 Å². The van der Waals surface area contributed by atoms with Crippen molar-refractivity contribution < 1.29 is 14.6 Å². The Bertz CT molecular complexity index is 288. The Morgan fingerprint density at radius 3 is 3.14 bits per heavy atom. The van der Waals surface area contributed by atoms with Crippen LogP contribution in [0.1, 0.15) is 26.2 Å². The average molecular weight is 196 g/mol. The zero-order valence-corrected chi connectivity index (χ0v) is 8.40. The molecule has 1 N–H and O–H groups in total. The molecular weight excluding hydrogens is 180 g/mol. The lowest BCUT2D eigenvalue weighted by Gasteiger charge is -2.35. The number of carbonyl (C=O) groups is 1. The van der Waals surface area contributed by atoms with Gasteiger partial charge in [0.15, 0.2) is 0 Å². The van der Waals surface area contributed by atoms with Crippen LogP contribution in [0.3, 0.4) is 0 Å². The summed E-state index contributed by atoms with van der Waals surface area (Å²) >= 11 is 0. The van der Waals surface area contributed by atoms with Gasteiger partial charge in [0.05, 0.1) is 18.1 Å². The lowest BCUT2D eigenvalue weighted by Crippen LogP contribution is -2.43. The van der Waals surface area contributed by atoms with Gasteiger partial charge in [-0.05, 0) is 25.2 Å². The summed E-state index contributed by atoms with van der Waals surface area (Å²) in [5.41, 5.74) is -0.574. The van der Waals surface area contributed by atoms with E-state index >= 15 is 0 Å². The molecule has 2 aliphatic carbocycles. The standard InChI is InChI=1S/C11H16O3/c1-2-11(13)4-6-3-8(11)9-7(6)5-14-10(9)12/h6-9,13H,2-5H2,1H3. The van der Waals surface area contributed by atoms with Gasteiger partial charge in [0, 0.05) is 11.8 Å². The number of cyclic esters (lactones) is 1. The second-order valence-electron chi connectivity index (χ2n) is 5.08. The summed E-state index contributed by atoms with van der Waals surface area (Å²) in [6.07, 6.45) is 2.69. The van der Waals surface area contributed by atoms with Gasteiger partial charge >= 0.3 is 5.97 Å². The van der Waals surface area contributed by atoms with E-state index in [9.17, 15) is 9.90 Å². The highest BCUT2D eigenvalue weighted by Gasteiger charge is 2.63. The van der Waals surface area contributed by atoms with Crippen molar-refractivity contribution in [1.82, 2.24) is 0 Å². The Kier molecular flexibility index (Phi) is 1.56. The fraction of sp³-hybridized carbons (Fsp3) is 0.909. The number of ether oxygens (including phenoxy) is 1. The maximum absolute atomic E-state index is 11.5. The van der Waals surface area contributed by atoms with Crippen molar-refractivity contribution in [3.63, 3.8) is 0 Å². The van der Waals surface area contributed by atoms with Crippen molar-refractivity contribution in [2.75, 3.05) is 6.61 Å². The van der Waals surface area contributed by atoms with Crippen LogP contribution in [0.5, 0.6) is 0 Å². The monoisotopic (exact) mass is 196 g/mol. The molecule has 0 aromatic carbocycles. The molecule has 3 fully saturated rings. The Morgan fingerprint density at radius 2 is 2.43 bits per heavy atom. The number of carbonyl (C=O) groups excluding carboxylic acids is 1. The van der Waals surface area contributed by atoms with Gasteiger partial charge in [0.25, 0.3) is 0 Å². The van der Waals surface area contributed by atoms with Gasteiger partial charge < -0.3 is 9.84 Å². The number of rotatable bonds is 1. The highest BCUT2D eigenvalue weighted by atomic mass is 16.5. The maximum atomic E-state index is 11.5. The number of hydrogen-bond donors (Lipinski definition) is 1. The molecule has 0 spiro atoms. The molecule has 78 valence electrons. The molecule has 0 aromatic heterocycles.